The van der Waals surface area contributed by atoms with Crippen molar-refractivity contribution in [3.8, 4) is 11.5 Å². The summed E-state index contributed by atoms with van der Waals surface area (Å²) >= 11 is 0. The second-order valence-electron chi connectivity index (χ2n) is 4.30. The maximum absolute atomic E-state index is 11.1. The Balaban J connectivity index is 2.30. The number of aliphatic carboxylic acids is 1. The summed E-state index contributed by atoms with van der Waals surface area (Å²) in [7, 11) is 1.42. The van der Waals surface area contributed by atoms with Gasteiger partial charge in [0, 0.05) is 18.1 Å². The first kappa shape index (κ1) is 13.1. The molecule has 1 aromatic carbocycles. The van der Waals surface area contributed by atoms with Gasteiger partial charge < -0.3 is 14.6 Å². The number of nitro groups is 1. The molecule has 0 radical (unpaired) electrons. The number of carbonyl (C=O) groups is 1. The van der Waals surface area contributed by atoms with E-state index in [2.05, 4.69) is 0 Å². The number of benzene rings is 1. The van der Waals surface area contributed by atoms with Gasteiger partial charge in [-0.15, -0.1) is 0 Å². The number of carboxylic acid groups (broad SMARTS) is 1. The van der Waals surface area contributed by atoms with Crippen LogP contribution in [0.1, 0.15) is 12.8 Å². The first-order valence-corrected chi connectivity index (χ1v) is 5.75. The molecular weight excluding hydrogens is 254 g/mol. The molecule has 1 N–H and O–H groups in total. The Bertz CT molecular complexity index is 511. The minimum absolute atomic E-state index is 0.0800. The molecule has 1 aliphatic rings. The summed E-state index contributed by atoms with van der Waals surface area (Å²) in [6.07, 6.45) is 0.467. The lowest BCUT2D eigenvalue weighted by molar-refractivity contribution is -0.386. The van der Waals surface area contributed by atoms with Crippen molar-refractivity contribution in [1.29, 1.82) is 0 Å². The minimum Gasteiger partial charge on any atom is -0.497 e. The summed E-state index contributed by atoms with van der Waals surface area (Å²) < 4.78 is 10.3. The Hall–Kier alpha value is -2.31. The van der Waals surface area contributed by atoms with Crippen LogP contribution in [0.3, 0.4) is 0 Å². The van der Waals surface area contributed by atoms with Crippen molar-refractivity contribution in [2.75, 3.05) is 7.11 Å². The van der Waals surface area contributed by atoms with Gasteiger partial charge in [-0.25, -0.2) is 4.79 Å². The number of nitro benzene ring substituents is 1. The normalized spacial score (nSPS) is 15.6. The Morgan fingerprint density at radius 3 is 2.68 bits per heavy atom. The van der Waals surface area contributed by atoms with Gasteiger partial charge in [-0.1, -0.05) is 0 Å². The predicted octanol–water partition coefficient (Wildman–Crippen LogP) is 1.85. The molecule has 1 fully saturated rings. The second kappa shape index (κ2) is 5.13. The molecule has 0 bridgehead atoms. The molecule has 7 heteroatoms. The van der Waals surface area contributed by atoms with Crippen LogP contribution in [0.25, 0.3) is 0 Å². The molecule has 1 aliphatic carbocycles. The van der Waals surface area contributed by atoms with Crippen molar-refractivity contribution >= 4 is 11.7 Å². The molecule has 0 spiro atoms. The zero-order valence-electron chi connectivity index (χ0n) is 10.2. The highest BCUT2D eigenvalue weighted by atomic mass is 16.6. The molecule has 0 aliphatic heterocycles. The topological polar surface area (TPSA) is 98.9 Å². The fourth-order valence-electron chi connectivity index (χ4n) is 1.75. The summed E-state index contributed by atoms with van der Waals surface area (Å²) in [4.78, 5) is 21.4. The highest BCUT2D eigenvalue weighted by molar-refractivity contribution is 5.74. The highest BCUT2D eigenvalue weighted by Gasteiger charge is 2.39. The number of ether oxygens (including phenoxy) is 2. The highest BCUT2D eigenvalue weighted by Crippen LogP contribution is 2.38. The zero-order valence-corrected chi connectivity index (χ0v) is 10.2. The van der Waals surface area contributed by atoms with E-state index >= 15 is 0 Å². The van der Waals surface area contributed by atoms with Crippen molar-refractivity contribution in [1.82, 2.24) is 0 Å². The van der Waals surface area contributed by atoms with E-state index in [9.17, 15) is 14.9 Å². The molecule has 1 atom stereocenters. The van der Waals surface area contributed by atoms with E-state index in [1.165, 1.54) is 25.3 Å². The third-order valence-corrected chi connectivity index (χ3v) is 2.91. The van der Waals surface area contributed by atoms with Gasteiger partial charge in [0.15, 0.2) is 6.10 Å². The lowest BCUT2D eigenvalue weighted by Crippen LogP contribution is -2.29. The van der Waals surface area contributed by atoms with Crippen LogP contribution in [-0.2, 0) is 4.79 Å². The van der Waals surface area contributed by atoms with Crippen molar-refractivity contribution in [3.05, 3.63) is 28.3 Å². The molecule has 1 saturated carbocycles. The largest absolute Gasteiger partial charge is 0.497 e. The first-order valence-electron chi connectivity index (χ1n) is 5.75. The molecule has 1 aromatic rings. The maximum atomic E-state index is 11.1. The average molecular weight is 267 g/mol. The number of nitrogens with zero attached hydrogens (tertiary/aromatic N) is 1. The Labute approximate surface area is 108 Å². The van der Waals surface area contributed by atoms with Gasteiger partial charge in [-0.3, -0.25) is 10.1 Å². The first-order chi connectivity index (χ1) is 9.02. The van der Waals surface area contributed by atoms with Gasteiger partial charge in [0.25, 0.3) is 0 Å². The summed E-state index contributed by atoms with van der Waals surface area (Å²) in [5.41, 5.74) is -0.271. The Kier molecular flexibility index (Phi) is 3.55. The van der Waals surface area contributed by atoms with E-state index in [4.69, 9.17) is 14.6 Å². The molecular formula is C12H13NO6. The molecule has 0 saturated heterocycles. The minimum atomic E-state index is -1.11. The van der Waals surface area contributed by atoms with E-state index in [1.54, 1.807) is 0 Å². The van der Waals surface area contributed by atoms with Crippen molar-refractivity contribution in [3.63, 3.8) is 0 Å². The van der Waals surface area contributed by atoms with Crippen LogP contribution < -0.4 is 9.47 Å². The van der Waals surface area contributed by atoms with Gasteiger partial charge in [-0.05, 0) is 18.9 Å². The van der Waals surface area contributed by atoms with Crippen molar-refractivity contribution in [2.24, 2.45) is 5.92 Å². The number of carboxylic acids is 1. The molecule has 7 nitrogen and oxygen atoms in total. The van der Waals surface area contributed by atoms with E-state index in [0.717, 1.165) is 12.8 Å². The Morgan fingerprint density at radius 1 is 1.53 bits per heavy atom. The maximum Gasteiger partial charge on any atom is 0.345 e. The molecule has 19 heavy (non-hydrogen) atoms. The fourth-order valence-corrected chi connectivity index (χ4v) is 1.75. The SMILES string of the molecule is COc1ccc([N+](=O)[O-])c(OC(C(=O)O)C2CC2)c1. The van der Waals surface area contributed by atoms with Crippen molar-refractivity contribution in [2.45, 2.75) is 18.9 Å². The second-order valence-corrected chi connectivity index (χ2v) is 4.30. The lowest BCUT2D eigenvalue weighted by atomic mass is 10.2. The van der Waals surface area contributed by atoms with Crippen molar-refractivity contribution < 1.29 is 24.3 Å². The van der Waals surface area contributed by atoms with E-state index < -0.39 is 17.0 Å². The molecule has 1 unspecified atom stereocenters. The van der Waals surface area contributed by atoms with Gasteiger partial charge in [0.1, 0.15) is 5.75 Å². The van der Waals surface area contributed by atoms with Crippen LogP contribution >= 0.6 is 0 Å². The molecule has 0 aromatic heterocycles. The fraction of sp³-hybridized carbons (Fsp3) is 0.417. The lowest BCUT2D eigenvalue weighted by Gasteiger charge is -2.14. The average Bonchev–Trinajstić information content (AvgIpc) is 3.19. The van der Waals surface area contributed by atoms with Crippen LogP contribution in [0, 0.1) is 16.0 Å². The van der Waals surface area contributed by atoms with Gasteiger partial charge in [0.2, 0.25) is 5.75 Å². The summed E-state index contributed by atoms with van der Waals surface area (Å²) in [6.45, 7) is 0. The van der Waals surface area contributed by atoms with Crippen LogP contribution in [0.15, 0.2) is 18.2 Å². The third-order valence-electron chi connectivity index (χ3n) is 2.91. The van der Waals surface area contributed by atoms with E-state index in [1.807, 2.05) is 0 Å². The number of hydrogen-bond donors (Lipinski definition) is 1. The molecule has 102 valence electrons. The monoisotopic (exact) mass is 267 g/mol. The zero-order chi connectivity index (χ0) is 14.0. The number of methoxy groups -OCH3 is 1. The van der Waals surface area contributed by atoms with Crippen LogP contribution in [0.5, 0.6) is 11.5 Å². The summed E-state index contributed by atoms with van der Waals surface area (Å²) in [5, 5.41) is 20.0. The quantitative estimate of drug-likeness (QED) is 0.623. The van der Waals surface area contributed by atoms with Crippen LogP contribution in [0.2, 0.25) is 0 Å². The summed E-state index contributed by atoms with van der Waals surface area (Å²) in [6, 6.07) is 3.99. The number of hydrogen-bond acceptors (Lipinski definition) is 5. The molecule has 0 amide bonds. The van der Waals surface area contributed by atoms with E-state index in [-0.39, 0.29) is 17.4 Å². The number of rotatable bonds is 6. The van der Waals surface area contributed by atoms with Gasteiger partial charge >= 0.3 is 11.7 Å². The molecule has 0 heterocycles. The third kappa shape index (κ3) is 2.93. The van der Waals surface area contributed by atoms with Crippen LogP contribution in [0.4, 0.5) is 5.69 Å². The standard InChI is InChI=1S/C12H13NO6/c1-18-8-4-5-9(13(16)17)10(6-8)19-11(12(14)15)7-2-3-7/h4-7,11H,2-3H2,1H3,(H,14,15). The predicted molar refractivity (Wildman–Crippen MR) is 64.4 cm³/mol. The van der Waals surface area contributed by atoms with Crippen LogP contribution in [-0.4, -0.2) is 29.2 Å². The smallest absolute Gasteiger partial charge is 0.345 e. The van der Waals surface area contributed by atoms with Gasteiger partial charge in [-0.2, -0.15) is 0 Å². The summed E-state index contributed by atoms with van der Waals surface area (Å²) in [5.74, 6) is -0.896. The van der Waals surface area contributed by atoms with Gasteiger partial charge in [0.05, 0.1) is 12.0 Å². The Morgan fingerprint density at radius 2 is 2.21 bits per heavy atom. The van der Waals surface area contributed by atoms with E-state index in [0.29, 0.717) is 5.75 Å². The molecule has 2 rings (SSSR count).